The first kappa shape index (κ1) is 21.2. The van der Waals surface area contributed by atoms with E-state index in [1.165, 1.54) is 34.8 Å². The molecule has 0 bridgehead atoms. The van der Waals surface area contributed by atoms with Crippen molar-refractivity contribution in [3.05, 3.63) is 57.4 Å². The minimum Gasteiger partial charge on any atom is -0.325 e. The number of nitrogens with one attached hydrogen (secondary N) is 1. The van der Waals surface area contributed by atoms with Crippen LogP contribution in [0.4, 0.5) is 11.4 Å². The summed E-state index contributed by atoms with van der Waals surface area (Å²) in [6.45, 7) is 1.90. The molecule has 1 aromatic carbocycles. The van der Waals surface area contributed by atoms with Gasteiger partial charge in [-0.3, -0.25) is 14.9 Å². The average Bonchev–Trinajstić information content (AvgIpc) is 2.69. The van der Waals surface area contributed by atoms with Crippen molar-refractivity contribution < 1.29 is 18.1 Å². The first-order valence-electron chi connectivity index (χ1n) is 8.87. The van der Waals surface area contributed by atoms with E-state index in [1.807, 2.05) is 0 Å². The summed E-state index contributed by atoms with van der Waals surface area (Å²) in [6, 6.07) is 7.38. The number of amides is 1. The number of aromatic nitrogens is 1. The Kier molecular flexibility index (Phi) is 6.15. The van der Waals surface area contributed by atoms with Crippen LogP contribution in [-0.2, 0) is 14.8 Å². The molecule has 0 aliphatic carbocycles. The van der Waals surface area contributed by atoms with Gasteiger partial charge in [0, 0.05) is 31.3 Å². The molecule has 1 fully saturated rings. The van der Waals surface area contributed by atoms with E-state index in [1.54, 1.807) is 13.0 Å². The van der Waals surface area contributed by atoms with Gasteiger partial charge in [-0.25, -0.2) is 13.4 Å². The fourth-order valence-corrected chi connectivity index (χ4v) is 5.15. The van der Waals surface area contributed by atoms with E-state index in [-0.39, 0.29) is 34.7 Å². The SMILES string of the molecule is Cc1c(NC(=O)C2CCN(S(=O)(=O)c3cccnc3Cl)CC2)cccc1[N+](=O)[O-]. The molecule has 1 N–H and O–H groups in total. The van der Waals surface area contributed by atoms with Gasteiger partial charge in [0.1, 0.15) is 10.0 Å². The Labute approximate surface area is 172 Å². The van der Waals surface area contributed by atoms with E-state index in [4.69, 9.17) is 11.6 Å². The molecule has 3 rings (SSSR count). The largest absolute Gasteiger partial charge is 0.325 e. The summed E-state index contributed by atoms with van der Waals surface area (Å²) >= 11 is 5.92. The van der Waals surface area contributed by atoms with Crippen LogP contribution in [0.1, 0.15) is 18.4 Å². The molecule has 9 nitrogen and oxygen atoms in total. The maximum Gasteiger partial charge on any atom is 0.274 e. The maximum atomic E-state index is 12.8. The number of piperidine rings is 1. The lowest BCUT2D eigenvalue weighted by molar-refractivity contribution is -0.385. The number of benzene rings is 1. The number of carbonyl (C=O) groups is 1. The smallest absolute Gasteiger partial charge is 0.274 e. The van der Waals surface area contributed by atoms with Gasteiger partial charge >= 0.3 is 0 Å². The zero-order valence-corrected chi connectivity index (χ0v) is 17.1. The van der Waals surface area contributed by atoms with Crippen LogP contribution in [0.5, 0.6) is 0 Å². The number of hydrogen-bond donors (Lipinski definition) is 1. The van der Waals surface area contributed by atoms with E-state index in [2.05, 4.69) is 10.3 Å². The molecule has 0 saturated carbocycles. The summed E-state index contributed by atoms with van der Waals surface area (Å²) in [5, 5.41) is 13.7. The van der Waals surface area contributed by atoms with E-state index in [9.17, 15) is 23.3 Å². The second kappa shape index (κ2) is 8.44. The Balaban J connectivity index is 1.67. The number of halogens is 1. The summed E-state index contributed by atoms with van der Waals surface area (Å²) in [6.07, 6.45) is 2.07. The lowest BCUT2D eigenvalue weighted by Gasteiger charge is -2.30. The zero-order chi connectivity index (χ0) is 21.2. The van der Waals surface area contributed by atoms with Crippen LogP contribution in [0.15, 0.2) is 41.4 Å². The van der Waals surface area contributed by atoms with Gasteiger partial charge in [-0.15, -0.1) is 0 Å². The van der Waals surface area contributed by atoms with Gasteiger partial charge in [0.25, 0.3) is 5.69 Å². The Morgan fingerprint density at radius 2 is 1.97 bits per heavy atom. The van der Waals surface area contributed by atoms with Crippen LogP contribution in [0.2, 0.25) is 5.15 Å². The molecule has 1 aliphatic rings. The Morgan fingerprint density at radius 3 is 2.59 bits per heavy atom. The highest BCUT2D eigenvalue weighted by molar-refractivity contribution is 7.89. The normalized spacial score (nSPS) is 15.8. The molecule has 11 heteroatoms. The molecular weight excluding hydrogens is 420 g/mol. The van der Waals surface area contributed by atoms with Crippen LogP contribution in [0.25, 0.3) is 0 Å². The molecule has 1 saturated heterocycles. The van der Waals surface area contributed by atoms with Gasteiger partial charge < -0.3 is 5.32 Å². The molecule has 2 heterocycles. The highest BCUT2D eigenvalue weighted by atomic mass is 35.5. The predicted octanol–water partition coefficient (Wildman–Crippen LogP) is 2.99. The summed E-state index contributed by atoms with van der Waals surface area (Å²) in [7, 11) is -3.79. The fourth-order valence-electron chi connectivity index (χ4n) is 3.25. The topological polar surface area (TPSA) is 123 Å². The molecule has 0 spiro atoms. The lowest BCUT2D eigenvalue weighted by Crippen LogP contribution is -2.41. The van der Waals surface area contributed by atoms with Gasteiger partial charge in [0.05, 0.1) is 16.2 Å². The van der Waals surface area contributed by atoms with Crippen LogP contribution < -0.4 is 5.32 Å². The Hall–Kier alpha value is -2.56. The van der Waals surface area contributed by atoms with E-state index < -0.39 is 20.9 Å². The summed E-state index contributed by atoms with van der Waals surface area (Å²) < 4.78 is 26.8. The second-order valence-electron chi connectivity index (χ2n) is 6.67. The number of anilines is 1. The predicted molar refractivity (Wildman–Crippen MR) is 107 cm³/mol. The molecule has 1 amide bonds. The molecule has 0 atom stereocenters. The molecule has 29 heavy (non-hydrogen) atoms. The van der Waals surface area contributed by atoms with E-state index >= 15 is 0 Å². The maximum absolute atomic E-state index is 12.8. The highest BCUT2D eigenvalue weighted by Gasteiger charge is 2.33. The van der Waals surface area contributed by atoms with E-state index in [0.29, 0.717) is 24.1 Å². The molecule has 1 aliphatic heterocycles. The molecule has 154 valence electrons. The van der Waals surface area contributed by atoms with Crippen molar-refractivity contribution in [1.29, 1.82) is 0 Å². The summed E-state index contributed by atoms with van der Waals surface area (Å²) in [5.41, 5.74) is 0.676. The number of nitro groups is 1. The van der Waals surface area contributed by atoms with Crippen LogP contribution >= 0.6 is 11.6 Å². The standard InChI is InChI=1S/C18H19ClN4O5S/c1-12-14(4-2-5-15(12)23(25)26)21-18(24)13-7-10-22(11-8-13)29(27,28)16-6-3-9-20-17(16)19/h2-6,9,13H,7-8,10-11H2,1H3,(H,21,24). The third-order valence-electron chi connectivity index (χ3n) is 4.93. The van der Waals surface area contributed by atoms with Crippen molar-refractivity contribution in [3.8, 4) is 0 Å². The van der Waals surface area contributed by atoms with Crippen molar-refractivity contribution in [3.63, 3.8) is 0 Å². The van der Waals surface area contributed by atoms with Crippen molar-refractivity contribution >= 4 is 38.9 Å². The molecular formula is C18H19ClN4O5S. The summed E-state index contributed by atoms with van der Waals surface area (Å²) in [5.74, 6) is -0.686. The van der Waals surface area contributed by atoms with Crippen molar-refractivity contribution in [2.24, 2.45) is 5.92 Å². The average molecular weight is 439 g/mol. The third-order valence-corrected chi connectivity index (χ3v) is 7.27. The molecule has 2 aromatic rings. The minimum atomic E-state index is -3.79. The number of rotatable bonds is 5. The highest BCUT2D eigenvalue weighted by Crippen LogP contribution is 2.29. The number of nitrogens with zero attached hydrogens (tertiary/aromatic N) is 3. The second-order valence-corrected chi connectivity index (χ2v) is 8.93. The molecule has 1 aromatic heterocycles. The van der Waals surface area contributed by atoms with Gasteiger partial charge in [0.2, 0.25) is 15.9 Å². The van der Waals surface area contributed by atoms with Crippen LogP contribution in [0, 0.1) is 23.0 Å². The Morgan fingerprint density at radius 1 is 1.28 bits per heavy atom. The first-order valence-corrected chi connectivity index (χ1v) is 10.7. The third kappa shape index (κ3) is 4.39. The van der Waals surface area contributed by atoms with Gasteiger partial charge in [-0.2, -0.15) is 4.31 Å². The number of pyridine rings is 1. The molecule has 0 radical (unpaired) electrons. The zero-order valence-electron chi connectivity index (χ0n) is 15.5. The number of nitro benzene ring substituents is 1. The quantitative estimate of drug-likeness (QED) is 0.435. The van der Waals surface area contributed by atoms with Gasteiger partial charge in [-0.1, -0.05) is 17.7 Å². The van der Waals surface area contributed by atoms with Crippen molar-refractivity contribution in [1.82, 2.24) is 9.29 Å². The lowest BCUT2D eigenvalue weighted by atomic mass is 9.97. The minimum absolute atomic E-state index is 0.0585. The number of carbonyl (C=O) groups excluding carboxylic acids is 1. The first-order chi connectivity index (χ1) is 13.7. The van der Waals surface area contributed by atoms with Gasteiger partial charge in [0.15, 0.2) is 0 Å². The number of sulfonamides is 1. The summed E-state index contributed by atoms with van der Waals surface area (Å²) in [4.78, 5) is 26.9. The van der Waals surface area contributed by atoms with Crippen molar-refractivity contribution in [2.75, 3.05) is 18.4 Å². The Bertz CT molecular complexity index is 1050. The van der Waals surface area contributed by atoms with Crippen LogP contribution in [-0.4, -0.2) is 41.6 Å². The molecule has 0 unspecified atom stereocenters. The monoisotopic (exact) mass is 438 g/mol. The van der Waals surface area contributed by atoms with Crippen LogP contribution in [0.3, 0.4) is 0 Å². The van der Waals surface area contributed by atoms with Gasteiger partial charge in [-0.05, 0) is 38.0 Å². The fraction of sp³-hybridized carbons (Fsp3) is 0.333. The van der Waals surface area contributed by atoms with E-state index in [0.717, 1.165) is 0 Å². The number of hydrogen-bond acceptors (Lipinski definition) is 6. The van der Waals surface area contributed by atoms with Crippen molar-refractivity contribution in [2.45, 2.75) is 24.7 Å².